The van der Waals surface area contributed by atoms with Crippen molar-refractivity contribution in [2.45, 2.75) is 38.5 Å². The summed E-state index contributed by atoms with van der Waals surface area (Å²) in [6, 6.07) is 6.44. The van der Waals surface area contributed by atoms with Crippen molar-refractivity contribution in [1.29, 1.82) is 0 Å². The molecule has 1 aromatic carbocycles. The number of halogens is 2. The number of hydrogen-bond acceptors (Lipinski definition) is 4. The van der Waals surface area contributed by atoms with Gasteiger partial charge >= 0.3 is 5.97 Å². The number of benzene rings is 1. The van der Waals surface area contributed by atoms with E-state index in [1.165, 1.54) is 25.3 Å². The lowest BCUT2D eigenvalue weighted by Crippen LogP contribution is -2.11. The quantitative estimate of drug-likeness (QED) is 0.634. The van der Waals surface area contributed by atoms with Crippen LogP contribution in [0.1, 0.15) is 53.8 Å². The number of allylic oxidation sites excluding steroid dienone is 3. The first-order chi connectivity index (χ1) is 13.9. The molecule has 29 heavy (non-hydrogen) atoms. The molecular formula is C22H22ClFN2O3. The molecule has 0 saturated carbocycles. The van der Waals surface area contributed by atoms with Gasteiger partial charge in [-0.3, -0.25) is 4.98 Å². The Balaban J connectivity index is 2.05. The molecule has 1 aliphatic carbocycles. The number of unbranched alkanes of at least 4 members (excludes halogenated alkanes) is 1. The molecule has 1 heterocycles. The van der Waals surface area contributed by atoms with E-state index >= 15 is 0 Å². The van der Waals surface area contributed by atoms with E-state index in [0.29, 0.717) is 22.8 Å². The van der Waals surface area contributed by atoms with E-state index in [1.807, 2.05) is 0 Å². The van der Waals surface area contributed by atoms with Crippen molar-refractivity contribution in [2.75, 3.05) is 7.11 Å². The van der Waals surface area contributed by atoms with Gasteiger partial charge in [-0.05, 0) is 37.5 Å². The normalized spacial score (nSPS) is 16.6. The molecule has 7 heteroatoms. The minimum Gasteiger partial charge on any atom is -0.492 e. The Bertz CT molecular complexity index is 971. The molecule has 0 radical (unpaired) electrons. The average molecular weight is 417 g/mol. The Morgan fingerprint density at radius 3 is 2.66 bits per heavy atom. The number of carbonyl (C=O) groups is 1. The number of hydrogen-bond donors (Lipinski definition) is 1. The molecule has 1 aliphatic rings. The molecule has 3 rings (SSSR count). The highest BCUT2D eigenvalue weighted by Crippen LogP contribution is 2.39. The zero-order valence-electron chi connectivity index (χ0n) is 16.3. The van der Waals surface area contributed by atoms with Crippen molar-refractivity contribution in [3.05, 3.63) is 70.1 Å². The van der Waals surface area contributed by atoms with Crippen LogP contribution >= 0.6 is 11.6 Å². The zero-order valence-corrected chi connectivity index (χ0v) is 17.0. The fraction of sp³-hybridized carbons (Fsp3) is 0.318. The molecule has 5 nitrogen and oxygen atoms in total. The lowest BCUT2D eigenvalue weighted by molar-refractivity contribution is 0.0697. The summed E-state index contributed by atoms with van der Waals surface area (Å²) >= 11 is 6.24. The first-order valence-electron chi connectivity index (χ1n) is 9.44. The maximum absolute atomic E-state index is 14.4. The number of aryl methyl sites for hydroxylation is 1. The molecule has 0 amide bonds. The second kappa shape index (κ2) is 9.18. The lowest BCUT2D eigenvalue weighted by Gasteiger charge is -2.21. The summed E-state index contributed by atoms with van der Waals surface area (Å²) < 4.78 is 19.5. The van der Waals surface area contributed by atoms with Crippen LogP contribution in [0.2, 0.25) is 0 Å². The standard InChI is InChI=1S/C22H22ClFN2O3/c1-3-4-5-16-12-25-19(15-10-17(23)21(29-2)18(24)11-15)20(26-16)13-6-8-14(9-7-13)22(27)28/h6-9,11-12,15H,3-5,10H2,1-2H3,(H,27,28). The van der Waals surface area contributed by atoms with Gasteiger partial charge in [-0.25, -0.2) is 14.2 Å². The summed E-state index contributed by atoms with van der Waals surface area (Å²) in [5.41, 5.74) is 2.95. The Morgan fingerprint density at radius 1 is 1.34 bits per heavy atom. The minimum atomic E-state index is -0.999. The second-order valence-electron chi connectivity index (χ2n) is 6.84. The summed E-state index contributed by atoms with van der Waals surface area (Å²) in [5.74, 6) is -1.88. The minimum absolute atomic E-state index is 0.0443. The van der Waals surface area contributed by atoms with Gasteiger partial charge in [-0.2, -0.15) is 0 Å². The van der Waals surface area contributed by atoms with Gasteiger partial charge < -0.3 is 9.84 Å². The lowest BCUT2D eigenvalue weighted by atomic mass is 9.92. The third-order valence-corrected chi connectivity index (χ3v) is 5.13. The predicted molar refractivity (Wildman–Crippen MR) is 109 cm³/mol. The fourth-order valence-corrected chi connectivity index (χ4v) is 3.61. The summed E-state index contributed by atoms with van der Waals surface area (Å²) in [5, 5.41) is 9.44. The first-order valence-corrected chi connectivity index (χ1v) is 9.82. The van der Waals surface area contributed by atoms with E-state index < -0.39 is 17.7 Å². The Hall–Kier alpha value is -2.73. The molecule has 0 bridgehead atoms. The number of aromatic carboxylic acids is 1. The van der Waals surface area contributed by atoms with E-state index in [1.54, 1.807) is 18.3 Å². The molecule has 152 valence electrons. The number of ether oxygens (including phenoxy) is 1. The molecule has 2 aromatic rings. The number of aromatic nitrogens is 2. The van der Waals surface area contributed by atoms with Gasteiger partial charge in [0.2, 0.25) is 0 Å². The van der Waals surface area contributed by atoms with Gasteiger partial charge in [-0.1, -0.05) is 37.1 Å². The third-order valence-electron chi connectivity index (χ3n) is 4.81. The van der Waals surface area contributed by atoms with Crippen molar-refractivity contribution in [3.63, 3.8) is 0 Å². The van der Waals surface area contributed by atoms with Crippen molar-refractivity contribution in [1.82, 2.24) is 9.97 Å². The van der Waals surface area contributed by atoms with Crippen LogP contribution in [0.25, 0.3) is 11.3 Å². The Kier molecular flexibility index (Phi) is 6.64. The molecule has 0 spiro atoms. The number of nitrogens with zero attached hydrogens (tertiary/aromatic N) is 2. The van der Waals surface area contributed by atoms with Crippen LogP contribution in [-0.2, 0) is 11.2 Å². The monoisotopic (exact) mass is 416 g/mol. The smallest absolute Gasteiger partial charge is 0.335 e. The van der Waals surface area contributed by atoms with Gasteiger partial charge in [0.15, 0.2) is 11.6 Å². The molecule has 0 fully saturated rings. The average Bonchev–Trinajstić information content (AvgIpc) is 2.72. The van der Waals surface area contributed by atoms with E-state index in [0.717, 1.165) is 30.5 Å². The molecule has 1 aromatic heterocycles. The van der Waals surface area contributed by atoms with Gasteiger partial charge in [-0.15, -0.1) is 0 Å². The van der Waals surface area contributed by atoms with Crippen molar-refractivity contribution in [2.24, 2.45) is 0 Å². The van der Waals surface area contributed by atoms with Crippen LogP contribution in [0.3, 0.4) is 0 Å². The molecule has 0 saturated heterocycles. The van der Waals surface area contributed by atoms with Crippen molar-refractivity contribution < 1.29 is 19.0 Å². The van der Waals surface area contributed by atoms with Gasteiger partial charge in [0.05, 0.1) is 34.8 Å². The maximum Gasteiger partial charge on any atom is 0.335 e. The molecular weight excluding hydrogens is 395 g/mol. The van der Waals surface area contributed by atoms with Crippen LogP contribution in [0.4, 0.5) is 4.39 Å². The van der Waals surface area contributed by atoms with E-state index in [2.05, 4.69) is 11.9 Å². The summed E-state index contributed by atoms with van der Waals surface area (Å²) in [6.07, 6.45) is 6.30. The molecule has 1 unspecified atom stereocenters. The maximum atomic E-state index is 14.4. The Morgan fingerprint density at radius 2 is 2.07 bits per heavy atom. The van der Waals surface area contributed by atoms with E-state index in [-0.39, 0.29) is 11.3 Å². The number of methoxy groups -OCH3 is 1. The first kappa shape index (κ1) is 21.0. The number of carboxylic acids is 1. The van der Waals surface area contributed by atoms with Crippen LogP contribution in [-0.4, -0.2) is 28.2 Å². The van der Waals surface area contributed by atoms with E-state index in [9.17, 15) is 9.18 Å². The SMILES string of the molecule is CCCCc1cnc(C2C=C(F)C(OC)=C(Cl)C2)c(-c2ccc(C(=O)O)cc2)n1. The van der Waals surface area contributed by atoms with Crippen LogP contribution in [0, 0.1) is 0 Å². The fourth-order valence-electron chi connectivity index (χ4n) is 3.28. The van der Waals surface area contributed by atoms with Gasteiger partial charge in [0, 0.05) is 17.7 Å². The topological polar surface area (TPSA) is 72.3 Å². The summed E-state index contributed by atoms with van der Waals surface area (Å²) in [7, 11) is 1.38. The zero-order chi connectivity index (χ0) is 21.0. The highest BCUT2D eigenvalue weighted by atomic mass is 35.5. The van der Waals surface area contributed by atoms with Crippen molar-refractivity contribution >= 4 is 17.6 Å². The van der Waals surface area contributed by atoms with Crippen LogP contribution < -0.4 is 0 Å². The summed E-state index contributed by atoms with van der Waals surface area (Å²) in [6.45, 7) is 2.10. The molecule has 1 N–H and O–H groups in total. The van der Waals surface area contributed by atoms with Crippen LogP contribution in [0.5, 0.6) is 0 Å². The number of carboxylic acid groups (broad SMARTS) is 1. The van der Waals surface area contributed by atoms with Crippen LogP contribution in [0.15, 0.2) is 53.2 Å². The highest BCUT2D eigenvalue weighted by Gasteiger charge is 2.27. The predicted octanol–water partition coefficient (Wildman–Crippen LogP) is 5.62. The highest BCUT2D eigenvalue weighted by molar-refractivity contribution is 6.30. The largest absolute Gasteiger partial charge is 0.492 e. The third kappa shape index (κ3) is 4.65. The van der Waals surface area contributed by atoms with E-state index in [4.69, 9.17) is 26.4 Å². The summed E-state index contributed by atoms with van der Waals surface area (Å²) in [4.78, 5) is 20.5. The van der Waals surface area contributed by atoms with Gasteiger partial charge in [0.1, 0.15) is 0 Å². The molecule has 0 aliphatic heterocycles. The number of rotatable bonds is 7. The van der Waals surface area contributed by atoms with Crippen molar-refractivity contribution in [3.8, 4) is 11.3 Å². The molecule has 1 atom stereocenters. The second-order valence-corrected chi connectivity index (χ2v) is 7.30. The Labute approximate surface area is 173 Å². The van der Waals surface area contributed by atoms with Gasteiger partial charge in [0.25, 0.3) is 0 Å².